The Bertz CT molecular complexity index is 867. The molecule has 4 nitrogen and oxygen atoms in total. The van der Waals surface area contributed by atoms with Crippen molar-refractivity contribution in [2.24, 2.45) is 5.16 Å². The van der Waals surface area contributed by atoms with Crippen LogP contribution in [-0.2, 0) is 10.8 Å². The predicted molar refractivity (Wildman–Crippen MR) is 106 cm³/mol. The van der Waals surface area contributed by atoms with Crippen LogP contribution in [-0.4, -0.2) is 23.5 Å². The molecule has 0 spiro atoms. The number of benzene rings is 1. The summed E-state index contributed by atoms with van der Waals surface area (Å²) < 4.78 is 5.56. The van der Waals surface area contributed by atoms with Gasteiger partial charge in [-0.15, -0.1) is 0 Å². The van der Waals surface area contributed by atoms with E-state index >= 15 is 0 Å². The maximum absolute atomic E-state index is 8.84. The van der Waals surface area contributed by atoms with Crippen LogP contribution < -0.4 is 4.74 Å². The van der Waals surface area contributed by atoms with E-state index in [1.165, 1.54) is 29.3 Å². The second-order valence-electron chi connectivity index (χ2n) is 8.51. The van der Waals surface area contributed by atoms with Gasteiger partial charge in [-0.1, -0.05) is 38.9 Å². The number of oxime groups is 1. The second kappa shape index (κ2) is 6.42. The van der Waals surface area contributed by atoms with Gasteiger partial charge in [-0.2, -0.15) is 0 Å². The number of fused-ring (bicyclic) bond motifs is 1. The number of hydrogen-bond acceptors (Lipinski definition) is 4. The largest absolute Gasteiger partial charge is 0.494 e. The number of rotatable bonds is 3. The smallest absolute Gasteiger partial charge is 0.145 e. The molecule has 0 atom stereocenters. The number of hydrogen-bond donors (Lipinski definition) is 1. The number of nitrogens with zero attached hydrogens (tertiary/aromatic N) is 2. The molecule has 1 heterocycles. The van der Waals surface area contributed by atoms with Gasteiger partial charge >= 0.3 is 0 Å². The van der Waals surface area contributed by atoms with Crippen molar-refractivity contribution in [2.75, 3.05) is 7.11 Å². The van der Waals surface area contributed by atoms with Gasteiger partial charge in [-0.3, -0.25) is 0 Å². The molecule has 0 aliphatic heterocycles. The highest BCUT2D eigenvalue weighted by Crippen LogP contribution is 2.48. The maximum atomic E-state index is 8.84. The first-order valence-electron chi connectivity index (χ1n) is 9.08. The predicted octanol–water partition coefficient (Wildman–Crippen LogP) is 5.22. The minimum atomic E-state index is 0.130. The molecule has 3 rings (SSSR count). The average Bonchev–Trinajstić information content (AvgIpc) is 2.59. The van der Waals surface area contributed by atoms with Crippen LogP contribution in [0, 0.1) is 6.92 Å². The van der Waals surface area contributed by atoms with Gasteiger partial charge in [0.2, 0.25) is 0 Å². The summed E-state index contributed by atoms with van der Waals surface area (Å²) >= 11 is 0. The van der Waals surface area contributed by atoms with Gasteiger partial charge in [0.05, 0.1) is 19.0 Å². The molecule has 0 fully saturated rings. The van der Waals surface area contributed by atoms with Crippen LogP contribution in [0.25, 0.3) is 11.3 Å². The Balaban J connectivity index is 2.27. The van der Waals surface area contributed by atoms with E-state index in [1.54, 1.807) is 13.2 Å². The Morgan fingerprint density at radius 1 is 1.08 bits per heavy atom. The highest BCUT2D eigenvalue weighted by Gasteiger charge is 2.37. The van der Waals surface area contributed by atoms with Gasteiger partial charge in [0.25, 0.3) is 0 Å². The van der Waals surface area contributed by atoms with Crippen molar-refractivity contribution in [1.82, 2.24) is 4.98 Å². The van der Waals surface area contributed by atoms with Crippen LogP contribution in [0.5, 0.6) is 5.75 Å². The minimum absolute atomic E-state index is 0.130. The lowest BCUT2D eigenvalue weighted by Crippen LogP contribution is -2.34. The topological polar surface area (TPSA) is 54.7 Å². The van der Waals surface area contributed by atoms with E-state index < -0.39 is 0 Å². The van der Waals surface area contributed by atoms with Crippen molar-refractivity contribution in [2.45, 2.75) is 58.3 Å². The second-order valence-corrected chi connectivity index (χ2v) is 8.51. The van der Waals surface area contributed by atoms with Gasteiger partial charge in [-0.05, 0) is 65.5 Å². The average molecular weight is 352 g/mol. The highest BCUT2D eigenvalue weighted by molar-refractivity contribution is 5.80. The molecule has 0 unspecified atom stereocenters. The summed E-state index contributed by atoms with van der Waals surface area (Å²) in [6.45, 7) is 11.4. The summed E-state index contributed by atoms with van der Waals surface area (Å²) in [6, 6.07) is 8.26. The number of aryl methyl sites for hydroxylation is 1. The zero-order valence-corrected chi connectivity index (χ0v) is 16.6. The van der Waals surface area contributed by atoms with Crippen molar-refractivity contribution >= 4 is 6.21 Å². The fraction of sp³-hybridized carbons (Fsp3) is 0.455. The fourth-order valence-electron chi connectivity index (χ4n) is 3.93. The molecular formula is C22H28N2O2. The molecule has 0 saturated carbocycles. The first-order valence-corrected chi connectivity index (χ1v) is 9.08. The lowest BCUT2D eigenvalue weighted by atomic mass is 9.62. The Hall–Kier alpha value is -2.36. The van der Waals surface area contributed by atoms with Crippen molar-refractivity contribution in [3.05, 3.63) is 46.6 Å². The molecule has 2 aromatic rings. The lowest BCUT2D eigenvalue weighted by molar-refractivity contribution is 0.321. The number of aromatic nitrogens is 1. The van der Waals surface area contributed by atoms with Crippen LogP contribution in [0.4, 0.5) is 0 Å². The zero-order chi connectivity index (χ0) is 19.1. The van der Waals surface area contributed by atoms with Crippen molar-refractivity contribution in [1.29, 1.82) is 0 Å². The van der Waals surface area contributed by atoms with E-state index in [0.29, 0.717) is 5.69 Å². The molecule has 1 N–H and O–H groups in total. The van der Waals surface area contributed by atoms with E-state index in [9.17, 15) is 0 Å². The van der Waals surface area contributed by atoms with Crippen LogP contribution >= 0.6 is 0 Å². The Kier molecular flexibility index (Phi) is 4.55. The van der Waals surface area contributed by atoms with E-state index in [4.69, 9.17) is 9.94 Å². The first kappa shape index (κ1) is 18.4. The number of pyridine rings is 1. The molecule has 1 aromatic carbocycles. The summed E-state index contributed by atoms with van der Waals surface area (Å²) in [4.78, 5) is 4.66. The monoisotopic (exact) mass is 352 g/mol. The molecule has 138 valence electrons. The molecule has 26 heavy (non-hydrogen) atoms. The summed E-state index contributed by atoms with van der Waals surface area (Å²) in [5, 5.41) is 11.9. The van der Waals surface area contributed by atoms with E-state index in [1.807, 2.05) is 6.07 Å². The van der Waals surface area contributed by atoms with Crippen molar-refractivity contribution < 1.29 is 9.94 Å². The molecule has 1 aliphatic carbocycles. The zero-order valence-electron chi connectivity index (χ0n) is 16.6. The summed E-state index contributed by atoms with van der Waals surface area (Å²) in [5.74, 6) is 0.719. The number of ether oxygens (including phenoxy) is 1. The summed E-state index contributed by atoms with van der Waals surface area (Å²) in [7, 11) is 1.65. The van der Waals surface area contributed by atoms with Crippen LogP contribution in [0.15, 0.2) is 29.4 Å². The van der Waals surface area contributed by atoms with Gasteiger partial charge in [0, 0.05) is 5.56 Å². The van der Waals surface area contributed by atoms with Crippen LogP contribution in [0.2, 0.25) is 0 Å². The van der Waals surface area contributed by atoms with E-state index in [-0.39, 0.29) is 10.8 Å². The third-order valence-electron chi connectivity index (χ3n) is 5.74. The molecule has 1 aliphatic rings. The summed E-state index contributed by atoms with van der Waals surface area (Å²) in [6.07, 6.45) is 3.69. The van der Waals surface area contributed by atoms with Gasteiger partial charge in [0.15, 0.2) is 0 Å². The third kappa shape index (κ3) is 3.09. The quantitative estimate of drug-likeness (QED) is 0.468. The first-order chi connectivity index (χ1) is 12.2. The Labute approximate surface area is 155 Å². The molecule has 0 bridgehead atoms. The lowest BCUT2D eigenvalue weighted by Gasteiger charge is -2.42. The number of methoxy groups -OCH3 is 1. The third-order valence-corrected chi connectivity index (χ3v) is 5.74. The Morgan fingerprint density at radius 3 is 2.27 bits per heavy atom. The summed E-state index contributed by atoms with van der Waals surface area (Å²) in [5.41, 5.74) is 6.76. The van der Waals surface area contributed by atoms with Gasteiger partial charge in [0.1, 0.15) is 11.4 Å². The normalized spacial score (nSPS) is 17.9. The van der Waals surface area contributed by atoms with Gasteiger partial charge < -0.3 is 9.94 Å². The van der Waals surface area contributed by atoms with E-state index in [0.717, 1.165) is 23.4 Å². The molecular weight excluding hydrogens is 324 g/mol. The highest BCUT2D eigenvalue weighted by atomic mass is 16.5. The Morgan fingerprint density at radius 2 is 1.69 bits per heavy atom. The minimum Gasteiger partial charge on any atom is -0.494 e. The van der Waals surface area contributed by atoms with Crippen LogP contribution in [0.3, 0.4) is 0 Å². The molecule has 4 heteroatoms. The SMILES string of the molecule is COc1ccc(/C=N/O)nc1-c1cc2c(cc1C)C(C)(C)CCC2(C)C. The maximum Gasteiger partial charge on any atom is 0.145 e. The molecule has 0 saturated heterocycles. The molecule has 0 radical (unpaired) electrons. The standard InChI is InChI=1S/C22H28N2O2/c1-14-11-17-18(22(4,5)10-9-21(17,2)3)12-16(14)20-19(26-6)8-7-15(24-20)13-23-25/h7-8,11-13,25H,9-10H2,1-6H3/b23-13+. The van der Waals surface area contributed by atoms with Crippen molar-refractivity contribution in [3.8, 4) is 17.0 Å². The van der Waals surface area contributed by atoms with Gasteiger partial charge in [-0.25, -0.2) is 4.98 Å². The molecule has 1 aromatic heterocycles. The van der Waals surface area contributed by atoms with Crippen LogP contribution in [0.1, 0.15) is 62.9 Å². The van der Waals surface area contributed by atoms with E-state index in [2.05, 4.69) is 56.9 Å². The fourth-order valence-corrected chi connectivity index (χ4v) is 3.93. The molecule has 0 amide bonds. The van der Waals surface area contributed by atoms with Crippen molar-refractivity contribution in [3.63, 3.8) is 0 Å².